The molecule has 5 heteroatoms. The number of carbonyl (C=O) groups is 1. The van der Waals surface area contributed by atoms with Gasteiger partial charge in [-0.3, -0.25) is 10.1 Å². The molecule has 0 radical (unpaired) electrons. The second kappa shape index (κ2) is 6.54. The number of nitro benzene ring substituents is 1. The minimum absolute atomic E-state index is 0.00676. The standard InChI is InChI=1S/C13H15NO4/c1-10(2)9-18-13(15)7-6-11-4-3-5-12(8-11)14(16)17/h3-8,10H,9H2,1-2H3. The molecule has 1 rings (SSSR count). The van der Waals surface area contributed by atoms with E-state index in [0.717, 1.165) is 0 Å². The number of hydrogen-bond donors (Lipinski definition) is 0. The van der Waals surface area contributed by atoms with E-state index in [0.29, 0.717) is 12.2 Å². The zero-order valence-corrected chi connectivity index (χ0v) is 10.3. The van der Waals surface area contributed by atoms with Gasteiger partial charge in [0.1, 0.15) is 0 Å². The molecule has 0 aromatic heterocycles. The number of rotatable bonds is 5. The van der Waals surface area contributed by atoms with Crippen molar-refractivity contribution in [2.45, 2.75) is 13.8 Å². The van der Waals surface area contributed by atoms with Gasteiger partial charge in [-0.15, -0.1) is 0 Å². The maximum Gasteiger partial charge on any atom is 0.330 e. The number of ether oxygens (including phenoxy) is 1. The molecule has 0 amide bonds. The summed E-state index contributed by atoms with van der Waals surface area (Å²) in [5, 5.41) is 10.6. The van der Waals surface area contributed by atoms with Gasteiger partial charge in [-0.05, 0) is 17.6 Å². The van der Waals surface area contributed by atoms with Crippen molar-refractivity contribution in [2.24, 2.45) is 5.92 Å². The van der Waals surface area contributed by atoms with Crippen LogP contribution in [0.5, 0.6) is 0 Å². The summed E-state index contributed by atoms with van der Waals surface area (Å²) < 4.78 is 4.94. The topological polar surface area (TPSA) is 69.4 Å². The van der Waals surface area contributed by atoms with E-state index in [4.69, 9.17) is 4.74 Å². The van der Waals surface area contributed by atoms with E-state index in [1.807, 2.05) is 13.8 Å². The zero-order chi connectivity index (χ0) is 13.5. The Hall–Kier alpha value is -2.17. The highest BCUT2D eigenvalue weighted by atomic mass is 16.6. The Morgan fingerprint density at radius 3 is 2.83 bits per heavy atom. The zero-order valence-electron chi connectivity index (χ0n) is 10.3. The normalized spacial score (nSPS) is 10.8. The molecule has 0 unspecified atom stereocenters. The van der Waals surface area contributed by atoms with Crippen LogP contribution in [0.15, 0.2) is 30.3 Å². The third-order valence-corrected chi connectivity index (χ3v) is 2.05. The maximum absolute atomic E-state index is 11.3. The second-order valence-electron chi connectivity index (χ2n) is 4.21. The summed E-state index contributed by atoms with van der Waals surface area (Å²) in [5.41, 5.74) is 0.582. The van der Waals surface area contributed by atoms with Crippen LogP contribution >= 0.6 is 0 Å². The largest absolute Gasteiger partial charge is 0.462 e. The Kier molecular flexibility index (Phi) is 5.05. The number of non-ortho nitro benzene ring substituents is 1. The Balaban J connectivity index is 2.64. The molecule has 0 aliphatic rings. The molecule has 0 saturated heterocycles. The first-order chi connectivity index (χ1) is 8.49. The summed E-state index contributed by atoms with van der Waals surface area (Å²) in [5.74, 6) is -0.171. The van der Waals surface area contributed by atoms with E-state index < -0.39 is 10.9 Å². The highest BCUT2D eigenvalue weighted by Crippen LogP contribution is 2.14. The van der Waals surface area contributed by atoms with E-state index in [9.17, 15) is 14.9 Å². The smallest absolute Gasteiger partial charge is 0.330 e. The third-order valence-electron chi connectivity index (χ3n) is 2.05. The molecular weight excluding hydrogens is 234 g/mol. The molecule has 96 valence electrons. The quantitative estimate of drug-likeness (QED) is 0.348. The lowest BCUT2D eigenvalue weighted by Gasteiger charge is -2.03. The van der Waals surface area contributed by atoms with E-state index >= 15 is 0 Å². The Bertz CT molecular complexity index is 466. The number of hydrogen-bond acceptors (Lipinski definition) is 4. The number of nitro groups is 1. The molecule has 5 nitrogen and oxygen atoms in total. The molecule has 1 aromatic carbocycles. The number of esters is 1. The van der Waals surface area contributed by atoms with E-state index in [2.05, 4.69) is 0 Å². The first-order valence-electron chi connectivity index (χ1n) is 5.58. The van der Waals surface area contributed by atoms with Crippen molar-refractivity contribution in [3.05, 3.63) is 46.0 Å². The van der Waals surface area contributed by atoms with E-state index in [1.165, 1.54) is 24.3 Å². The number of benzene rings is 1. The van der Waals surface area contributed by atoms with E-state index in [1.54, 1.807) is 12.1 Å². The number of carbonyl (C=O) groups excluding carboxylic acids is 1. The SMILES string of the molecule is CC(C)COC(=O)C=Cc1cccc([N+](=O)[O-])c1. The molecule has 0 N–H and O–H groups in total. The Labute approximate surface area is 105 Å². The minimum Gasteiger partial charge on any atom is -0.462 e. The Morgan fingerprint density at radius 2 is 2.22 bits per heavy atom. The average molecular weight is 249 g/mol. The van der Waals surface area contributed by atoms with Crippen molar-refractivity contribution < 1.29 is 14.5 Å². The predicted octanol–water partition coefficient (Wildman–Crippen LogP) is 2.81. The molecule has 0 fully saturated rings. The Morgan fingerprint density at radius 1 is 1.50 bits per heavy atom. The van der Waals surface area contributed by atoms with Crippen molar-refractivity contribution in [3.63, 3.8) is 0 Å². The van der Waals surface area contributed by atoms with Crippen LogP contribution in [0.1, 0.15) is 19.4 Å². The summed E-state index contributed by atoms with van der Waals surface area (Å²) in [6.07, 6.45) is 2.76. The first kappa shape index (κ1) is 13.9. The molecule has 0 aliphatic carbocycles. The lowest BCUT2D eigenvalue weighted by atomic mass is 10.2. The van der Waals surface area contributed by atoms with Crippen LogP contribution in [-0.4, -0.2) is 17.5 Å². The van der Waals surface area contributed by atoms with Gasteiger partial charge in [0.25, 0.3) is 5.69 Å². The summed E-state index contributed by atoms with van der Waals surface area (Å²) in [6.45, 7) is 4.24. The highest BCUT2D eigenvalue weighted by Gasteiger charge is 2.04. The molecule has 0 heterocycles. The van der Waals surface area contributed by atoms with Crippen molar-refractivity contribution in [1.29, 1.82) is 0 Å². The van der Waals surface area contributed by atoms with Crippen LogP contribution in [0, 0.1) is 16.0 Å². The fourth-order valence-corrected chi connectivity index (χ4v) is 1.20. The molecule has 0 atom stereocenters. The van der Waals surface area contributed by atoms with Crippen LogP contribution in [0.25, 0.3) is 6.08 Å². The van der Waals surface area contributed by atoms with Crippen molar-refractivity contribution >= 4 is 17.7 Å². The summed E-state index contributed by atoms with van der Waals surface area (Å²) in [4.78, 5) is 21.4. The minimum atomic E-state index is -0.478. The fraction of sp³-hybridized carbons (Fsp3) is 0.308. The molecule has 18 heavy (non-hydrogen) atoms. The summed E-state index contributed by atoms with van der Waals surface area (Å²) in [7, 11) is 0. The van der Waals surface area contributed by atoms with Gasteiger partial charge >= 0.3 is 5.97 Å². The lowest BCUT2D eigenvalue weighted by Crippen LogP contribution is -2.06. The maximum atomic E-state index is 11.3. The monoisotopic (exact) mass is 249 g/mol. The fourth-order valence-electron chi connectivity index (χ4n) is 1.20. The average Bonchev–Trinajstić information content (AvgIpc) is 2.34. The first-order valence-corrected chi connectivity index (χ1v) is 5.58. The van der Waals surface area contributed by atoms with Crippen LogP contribution in [0.2, 0.25) is 0 Å². The molecule has 0 spiro atoms. The summed E-state index contributed by atoms with van der Waals surface area (Å²) >= 11 is 0. The predicted molar refractivity (Wildman–Crippen MR) is 67.9 cm³/mol. The van der Waals surface area contributed by atoms with Gasteiger partial charge in [0.05, 0.1) is 11.5 Å². The van der Waals surface area contributed by atoms with Gasteiger partial charge < -0.3 is 4.74 Å². The van der Waals surface area contributed by atoms with Gasteiger partial charge in [-0.2, -0.15) is 0 Å². The molecule has 0 saturated carbocycles. The van der Waals surface area contributed by atoms with Crippen molar-refractivity contribution in [2.75, 3.05) is 6.61 Å². The van der Waals surface area contributed by atoms with Gasteiger partial charge in [0.2, 0.25) is 0 Å². The highest BCUT2D eigenvalue weighted by molar-refractivity contribution is 5.87. The van der Waals surface area contributed by atoms with Crippen LogP contribution in [0.4, 0.5) is 5.69 Å². The molecule has 0 aliphatic heterocycles. The van der Waals surface area contributed by atoms with Crippen molar-refractivity contribution in [1.82, 2.24) is 0 Å². The van der Waals surface area contributed by atoms with Gasteiger partial charge in [0.15, 0.2) is 0 Å². The molecule has 1 aromatic rings. The van der Waals surface area contributed by atoms with Crippen molar-refractivity contribution in [3.8, 4) is 0 Å². The van der Waals surface area contributed by atoms with Crippen LogP contribution in [0.3, 0.4) is 0 Å². The van der Waals surface area contributed by atoms with Gasteiger partial charge in [0, 0.05) is 18.2 Å². The van der Waals surface area contributed by atoms with Gasteiger partial charge in [-0.1, -0.05) is 26.0 Å². The summed E-state index contributed by atoms with van der Waals surface area (Å²) in [6, 6.07) is 6.04. The van der Waals surface area contributed by atoms with Crippen LogP contribution < -0.4 is 0 Å². The van der Waals surface area contributed by atoms with E-state index in [-0.39, 0.29) is 11.6 Å². The van der Waals surface area contributed by atoms with Crippen LogP contribution in [-0.2, 0) is 9.53 Å². The second-order valence-corrected chi connectivity index (χ2v) is 4.21. The lowest BCUT2D eigenvalue weighted by molar-refractivity contribution is -0.384. The number of nitrogens with zero attached hydrogens (tertiary/aromatic N) is 1. The third kappa shape index (κ3) is 4.78. The van der Waals surface area contributed by atoms with Gasteiger partial charge in [-0.25, -0.2) is 4.79 Å². The molecule has 0 bridgehead atoms. The molecular formula is C13H15NO4.